The number of fused-ring (bicyclic) bond motifs is 1. The number of carbonyl (C=O) groups is 1. The molecule has 2 aromatic carbocycles. The number of thiophene rings is 1. The van der Waals surface area contributed by atoms with Crippen molar-refractivity contribution in [1.29, 1.82) is 0 Å². The van der Waals surface area contributed by atoms with Crippen LogP contribution in [-0.4, -0.2) is 22.9 Å². The average Bonchev–Trinajstić information content (AvgIpc) is 3.05. The van der Waals surface area contributed by atoms with Gasteiger partial charge in [0.15, 0.2) is 5.78 Å². The fraction of sp³-hybridized carbons (Fsp3) is 0.136. The van der Waals surface area contributed by atoms with Crippen LogP contribution in [0.5, 0.6) is 5.75 Å². The summed E-state index contributed by atoms with van der Waals surface area (Å²) in [4.78, 5) is 34.4. The number of methoxy groups -OCH3 is 1. The SMILES string of the molecule is COc1ccc(C(=O)Cc2nc3sc(C)c(-c4ccccc4)c3c(=O)[nH]2)cc1. The molecule has 0 unspecified atom stereocenters. The van der Waals surface area contributed by atoms with Crippen LogP contribution >= 0.6 is 11.3 Å². The predicted molar refractivity (Wildman–Crippen MR) is 111 cm³/mol. The van der Waals surface area contributed by atoms with Gasteiger partial charge in [0.05, 0.1) is 18.9 Å². The van der Waals surface area contributed by atoms with Gasteiger partial charge in [0.2, 0.25) is 0 Å². The van der Waals surface area contributed by atoms with Crippen LogP contribution in [-0.2, 0) is 6.42 Å². The standard InChI is InChI=1S/C22H18N2O3S/c1-13-19(15-6-4-3-5-7-15)20-21(26)23-18(24-22(20)28-13)12-17(25)14-8-10-16(27-2)11-9-14/h3-11H,12H2,1-2H3,(H,23,24,26). The summed E-state index contributed by atoms with van der Waals surface area (Å²) < 4.78 is 5.11. The number of aryl methyl sites for hydroxylation is 1. The second-order valence-corrected chi connectivity index (χ2v) is 7.62. The lowest BCUT2D eigenvalue weighted by atomic mass is 10.0. The number of hydrogen-bond acceptors (Lipinski definition) is 5. The molecule has 5 nitrogen and oxygen atoms in total. The Morgan fingerprint density at radius 1 is 1.11 bits per heavy atom. The van der Waals surface area contributed by atoms with Crippen molar-refractivity contribution in [2.45, 2.75) is 13.3 Å². The minimum absolute atomic E-state index is 0.0368. The van der Waals surface area contributed by atoms with Crippen LogP contribution in [0.2, 0.25) is 0 Å². The molecular weight excluding hydrogens is 372 g/mol. The van der Waals surface area contributed by atoms with E-state index in [1.54, 1.807) is 31.4 Å². The topological polar surface area (TPSA) is 72.0 Å². The first-order chi connectivity index (χ1) is 13.6. The molecule has 0 saturated heterocycles. The van der Waals surface area contributed by atoms with E-state index in [1.807, 2.05) is 37.3 Å². The highest BCUT2D eigenvalue weighted by atomic mass is 32.1. The molecule has 4 rings (SSSR count). The van der Waals surface area contributed by atoms with Gasteiger partial charge in [-0.2, -0.15) is 0 Å². The molecule has 2 heterocycles. The first-order valence-electron chi connectivity index (χ1n) is 8.82. The molecule has 4 aromatic rings. The van der Waals surface area contributed by atoms with Crippen molar-refractivity contribution in [2.75, 3.05) is 7.11 Å². The molecule has 1 N–H and O–H groups in total. The van der Waals surface area contributed by atoms with Crippen molar-refractivity contribution < 1.29 is 9.53 Å². The summed E-state index contributed by atoms with van der Waals surface area (Å²) in [5, 5.41) is 0.578. The average molecular weight is 390 g/mol. The molecule has 0 aliphatic rings. The van der Waals surface area contributed by atoms with Crippen molar-refractivity contribution in [3.05, 3.63) is 81.2 Å². The van der Waals surface area contributed by atoms with E-state index in [0.717, 1.165) is 16.0 Å². The van der Waals surface area contributed by atoms with E-state index in [2.05, 4.69) is 9.97 Å². The molecule has 0 saturated carbocycles. The van der Waals surface area contributed by atoms with E-state index >= 15 is 0 Å². The van der Waals surface area contributed by atoms with Gasteiger partial charge in [0.1, 0.15) is 16.4 Å². The van der Waals surface area contributed by atoms with Crippen LogP contribution in [0.25, 0.3) is 21.3 Å². The van der Waals surface area contributed by atoms with E-state index in [-0.39, 0.29) is 17.8 Å². The predicted octanol–water partition coefficient (Wildman–Crippen LogP) is 4.39. The lowest BCUT2D eigenvalue weighted by Gasteiger charge is -2.04. The number of ketones is 1. The zero-order valence-electron chi connectivity index (χ0n) is 15.5. The smallest absolute Gasteiger partial charge is 0.260 e. The van der Waals surface area contributed by atoms with Crippen LogP contribution < -0.4 is 10.3 Å². The second kappa shape index (κ2) is 7.40. The van der Waals surface area contributed by atoms with Gasteiger partial charge >= 0.3 is 0 Å². The maximum Gasteiger partial charge on any atom is 0.260 e. The lowest BCUT2D eigenvalue weighted by Crippen LogP contribution is -2.15. The normalized spacial score (nSPS) is 10.9. The first kappa shape index (κ1) is 18.1. The summed E-state index contributed by atoms with van der Waals surface area (Å²) in [5.74, 6) is 0.952. The molecule has 0 radical (unpaired) electrons. The van der Waals surface area contributed by atoms with Crippen LogP contribution in [0.4, 0.5) is 0 Å². The molecule has 28 heavy (non-hydrogen) atoms. The molecule has 2 aromatic heterocycles. The summed E-state index contributed by atoms with van der Waals surface area (Å²) in [6.45, 7) is 1.98. The monoisotopic (exact) mass is 390 g/mol. The van der Waals surface area contributed by atoms with Gasteiger partial charge in [-0.1, -0.05) is 30.3 Å². The van der Waals surface area contributed by atoms with Crippen molar-refractivity contribution in [3.63, 3.8) is 0 Å². The van der Waals surface area contributed by atoms with Crippen LogP contribution in [0.15, 0.2) is 59.4 Å². The van der Waals surface area contributed by atoms with Crippen molar-refractivity contribution in [2.24, 2.45) is 0 Å². The zero-order chi connectivity index (χ0) is 19.7. The van der Waals surface area contributed by atoms with Gasteiger partial charge in [-0.05, 0) is 36.8 Å². The lowest BCUT2D eigenvalue weighted by molar-refractivity contribution is 0.0991. The van der Waals surface area contributed by atoms with E-state index in [1.165, 1.54) is 11.3 Å². The van der Waals surface area contributed by atoms with Gasteiger partial charge in [-0.3, -0.25) is 9.59 Å². The molecule has 0 atom stereocenters. The number of nitrogens with zero attached hydrogens (tertiary/aromatic N) is 1. The largest absolute Gasteiger partial charge is 0.497 e. The Hall–Kier alpha value is -3.25. The second-order valence-electron chi connectivity index (χ2n) is 6.42. The third kappa shape index (κ3) is 3.34. The summed E-state index contributed by atoms with van der Waals surface area (Å²) in [6.07, 6.45) is 0.0368. The number of rotatable bonds is 5. The Kier molecular flexibility index (Phi) is 4.79. The number of nitrogens with one attached hydrogen (secondary N) is 1. The first-order valence-corrected chi connectivity index (χ1v) is 9.63. The molecule has 6 heteroatoms. The highest BCUT2D eigenvalue weighted by molar-refractivity contribution is 7.19. The number of H-pyrrole nitrogens is 1. The molecule has 0 amide bonds. The quantitative estimate of drug-likeness (QED) is 0.513. The molecule has 140 valence electrons. The van der Waals surface area contributed by atoms with E-state index in [9.17, 15) is 9.59 Å². The number of carbonyl (C=O) groups excluding carboxylic acids is 1. The summed E-state index contributed by atoms with van der Waals surface area (Å²) in [5.41, 5.74) is 2.23. The number of aromatic amines is 1. The van der Waals surface area contributed by atoms with Crippen LogP contribution in [0, 0.1) is 6.92 Å². The van der Waals surface area contributed by atoms with Crippen LogP contribution in [0.1, 0.15) is 21.1 Å². The van der Waals surface area contributed by atoms with Crippen molar-refractivity contribution >= 4 is 27.3 Å². The molecular formula is C22H18N2O3S. The number of hydrogen-bond donors (Lipinski definition) is 1. The Morgan fingerprint density at radius 2 is 1.82 bits per heavy atom. The Balaban J connectivity index is 1.70. The molecule has 0 fully saturated rings. The van der Waals surface area contributed by atoms with Gasteiger partial charge in [-0.15, -0.1) is 11.3 Å². The van der Waals surface area contributed by atoms with Crippen molar-refractivity contribution in [3.8, 4) is 16.9 Å². The zero-order valence-corrected chi connectivity index (χ0v) is 16.3. The molecule has 0 bridgehead atoms. The number of Topliss-reactive ketones (excluding diaryl/α,β-unsaturated/α-hetero) is 1. The minimum Gasteiger partial charge on any atom is -0.497 e. The number of benzene rings is 2. The highest BCUT2D eigenvalue weighted by Gasteiger charge is 2.17. The maximum atomic E-state index is 12.8. The Labute approximate surface area is 165 Å². The summed E-state index contributed by atoms with van der Waals surface area (Å²) >= 11 is 1.47. The Morgan fingerprint density at radius 3 is 2.50 bits per heavy atom. The summed E-state index contributed by atoms with van der Waals surface area (Å²) in [6, 6.07) is 16.7. The minimum atomic E-state index is -0.217. The van der Waals surface area contributed by atoms with E-state index < -0.39 is 0 Å². The van der Waals surface area contributed by atoms with Crippen molar-refractivity contribution in [1.82, 2.24) is 9.97 Å². The summed E-state index contributed by atoms with van der Waals surface area (Å²) in [7, 11) is 1.58. The number of ether oxygens (including phenoxy) is 1. The van der Waals surface area contributed by atoms with E-state index in [4.69, 9.17) is 4.74 Å². The third-order valence-electron chi connectivity index (χ3n) is 4.59. The van der Waals surface area contributed by atoms with Gasteiger partial charge in [0, 0.05) is 16.0 Å². The maximum absolute atomic E-state index is 12.8. The van der Waals surface area contributed by atoms with Crippen LogP contribution in [0.3, 0.4) is 0 Å². The van der Waals surface area contributed by atoms with Gasteiger partial charge in [0.25, 0.3) is 5.56 Å². The Bertz CT molecular complexity index is 1210. The fourth-order valence-corrected chi connectivity index (χ4v) is 4.30. The van der Waals surface area contributed by atoms with Gasteiger partial charge in [-0.25, -0.2) is 4.98 Å². The third-order valence-corrected chi connectivity index (χ3v) is 5.59. The molecule has 0 aliphatic heterocycles. The molecule has 0 aliphatic carbocycles. The fourth-order valence-electron chi connectivity index (χ4n) is 3.23. The number of aromatic nitrogens is 2. The molecule has 0 spiro atoms. The highest BCUT2D eigenvalue weighted by Crippen LogP contribution is 2.35. The van der Waals surface area contributed by atoms with E-state index in [0.29, 0.717) is 27.4 Å². The van der Waals surface area contributed by atoms with Gasteiger partial charge < -0.3 is 9.72 Å².